The molecule has 0 spiro atoms. The predicted molar refractivity (Wildman–Crippen MR) is 55.7 cm³/mol. The van der Waals surface area contributed by atoms with Gasteiger partial charge in [-0.05, 0) is 6.92 Å². The summed E-state index contributed by atoms with van der Waals surface area (Å²) in [4.78, 5) is 15.8. The minimum absolute atomic E-state index is 0.178. The molecule has 6 heteroatoms. The Morgan fingerprint density at radius 2 is 2.33 bits per heavy atom. The van der Waals surface area contributed by atoms with Gasteiger partial charge in [0.1, 0.15) is 0 Å². The molecule has 0 saturated heterocycles. The molecule has 0 radical (unpaired) electrons. The van der Waals surface area contributed by atoms with E-state index in [1.165, 1.54) is 10.9 Å². The van der Waals surface area contributed by atoms with E-state index in [0.717, 1.165) is 0 Å². The van der Waals surface area contributed by atoms with Gasteiger partial charge in [-0.15, -0.1) is 0 Å². The normalized spacial score (nSPS) is 10.5. The maximum absolute atomic E-state index is 11.8. The first kappa shape index (κ1) is 9.45. The molecule has 0 saturated carbocycles. The third-order valence-corrected chi connectivity index (χ3v) is 2.06. The first-order valence-corrected chi connectivity index (χ1v) is 4.58. The summed E-state index contributed by atoms with van der Waals surface area (Å²) in [7, 11) is 0. The smallest absolute Gasteiger partial charge is 0.295 e. The SMILES string of the molecule is CCn1ccnc(-n2cc(N)cn2)c1=O. The Morgan fingerprint density at radius 1 is 1.53 bits per heavy atom. The molecular weight excluding hydrogens is 194 g/mol. The van der Waals surface area contributed by atoms with E-state index >= 15 is 0 Å². The van der Waals surface area contributed by atoms with Crippen LogP contribution in [0.25, 0.3) is 5.82 Å². The summed E-state index contributed by atoms with van der Waals surface area (Å²) < 4.78 is 2.93. The van der Waals surface area contributed by atoms with Crippen molar-refractivity contribution in [1.82, 2.24) is 19.3 Å². The van der Waals surface area contributed by atoms with E-state index in [0.29, 0.717) is 12.2 Å². The predicted octanol–water partition coefficient (Wildman–Crippen LogP) is 0.0311. The Labute approximate surface area is 86.0 Å². The first-order valence-electron chi connectivity index (χ1n) is 4.58. The number of hydrogen-bond donors (Lipinski definition) is 1. The number of nitrogen functional groups attached to an aromatic ring is 1. The summed E-state index contributed by atoms with van der Waals surface area (Å²) in [5.74, 6) is 0.260. The Hall–Kier alpha value is -2.11. The second kappa shape index (κ2) is 3.56. The highest BCUT2D eigenvalue weighted by atomic mass is 16.1. The van der Waals surface area contributed by atoms with Crippen molar-refractivity contribution >= 4 is 5.69 Å². The van der Waals surface area contributed by atoms with Gasteiger partial charge in [-0.1, -0.05) is 0 Å². The van der Waals surface area contributed by atoms with E-state index in [4.69, 9.17) is 5.73 Å². The molecule has 2 heterocycles. The van der Waals surface area contributed by atoms with Crippen LogP contribution in [0.2, 0.25) is 0 Å². The number of anilines is 1. The molecule has 0 fully saturated rings. The molecule has 0 aliphatic carbocycles. The molecule has 2 aromatic rings. The summed E-state index contributed by atoms with van der Waals surface area (Å²) in [5, 5.41) is 3.94. The van der Waals surface area contributed by atoms with Gasteiger partial charge >= 0.3 is 0 Å². The van der Waals surface area contributed by atoms with Gasteiger partial charge in [-0.3, -0.25) is 4.79 Å². The van der Waals surface area contributed by atoms with Crippen LogP contribution in [-0.4, -0.2) is 19.3 Å². The zero-order valence-electron chi connectivity index (χ0n) is 8.29. The van der Waals surface area contributed by atoms with Gasteiger partial charge in [-0.25, -0.2) is 9.67 Å². The fraction of sp³-hybridized carbons (Fsp3) is 0.222. The molecule has 0 aromatic carbocycles. The summed E-state index contributed by atoms with van der Waals surface area (Å²) in [6, 6.07) is 0. The van der Waals surface area contributed by atoms with Crippen LogP contribution in [0.15, 0.2) is 29.6 Å². The molecule has 2 N–H and O–H groups in total. The highest BCUT2D eigenvalue weighted by Crippen LogP contribution is 2.01. The highest BCUT2D eigenvalue weighted by Gasteiger charge is 2.06. The zero-order chi connectivity index (χ0) is 10.8. The summed E-state index contributed by atoms with van der Waals surface area (Å²) in [5.41, 5.74) is 5.84. The second-order valence-electron chi connectivity index (χ2n) is 3.06. The van der Waals surface area contributed by atoms with Crippen molar-refractivity contribution < 1.29 is 0 Å². The minimum Gasteiger partial charge on any atom is -0.396 e. The summed E-state index contributed by atoms with van der Waals surface area (Å²) in [6.45, 7) is 2.49. The molecule has 15 heavy (non-hydrogen) atoms. The molecule has 0 aliphatic rings. The maximum Gasteiger partial charge on any atom is 0.295 e. The number of nitrogens with zero attached hydrogens (tertiary/aromatic N) is 4. The van der Waals surface area contributed by atoms with E-state index < -0.39 is 0 Å². The van der Waals surface area contributed by atoms with Crippen molar-refractivity contribution in [1.29, 1.82) is 0 Å². The number of nitrogens with two attached hydrogens (primary N) is 1. The fourth-order valence-corrected chi connectivity index (χ4v) is 1.29. The van der Waals surface area contributed by atoms with Gasteiger partial charge in [0, 0.05) is 18.9 Å². The fourth-order valence-electron chi connectivity index (χ4n) is 1.29. The van der Waals surface area contributed by atoms with Gasteiger partial charge in [0.2, 0.25) is 5.82 Å². The number of aromatic nitrogens is 4. The van der Waals surface area contributed by atoms with Gasteiger partial charge in [-0.2, -0.15) is 5.10 Å². The van der Waals surface area contributed by atoms with Crippen molar-refractivity contribution in [3.05, 3.63) is 35.1 Å². The van der Waals surface area contributed by atoms with Crippen LogP contribution >= 0.6 is 0 Å². The van der Waals surface area contributed by atoms with Crippen LogP contribution in [-0.2, 0) is 6.54 Å². The molecule has 6 nitrogen and oxygen atoms in total. The largest absolute Gasteiger partial charge is 0.396 e. The van der Waals surface area contributed by atoms with Crippen molar-refractivity contribution in [3.63, 3.8) is 0 Å². The average molecular weight is 205 g/mol. The van der Waals surface area contributed by atoms with E-state index in [1.54, 1.807) is 23.2 Å². The van der Waals surface area contributed by atoms with Crippen molar-refractivity contribution in [2.24, 2.45) is 0 Å². The van der Waals surface area contributed by atoms with Gasteiger partial charge < -0.3 is 10.3 Å². The Balaban J connectivity index is 2.58. The molecule has 0 unspecified atom stereocenters. The third-order valence-electron chi connectivity index (χ3n) is 2.06. The molecule has 0 aliphatic heterocycles. The summed E-state index contributed by atoms with van der Waals surface area (Å²) >= 11 is 0. The third kappa shape index (κ3) is 1.61. The lowest BCUT2D eigenvalue weighted by molar-refractivity contribution is 0.693. The standard InChI is InChI=1S/C9H11N5O/c1-2-13-4-3-11-8(9(13)15)14-6-7(10)5-12-14/h3-6H,2,10H2,1H3. The van der Waals surface area contributed by atoms with Gasteiger partial charge in [0.15, 0.2) is 0 Å². The Bertz CT molecular complexity index is 527. The molecule has 0 bridgehead atoms. The van der Waals surface area contributed by atoms with Gasteiger partial charge in [0.05, 0.1) is 18.1 Å². The van der Waals surface area contributed by atoms with Crippen LogP contribution in [0.1, 0.15) is 6.92 Å². The van der Waals surface area contributed by atoms with E-state index in [2.05, 4.69) is 10.1 Å². The minimum atomic E-state index is -0.178. The highest BCUT2D eigenvalue weighted by molar-refractivity contribution is 5.34. The quantitative estimate of drug-likeness (QED) is 0.750. The molecule has 2 rings (SSSR count). The second-order valence-corrected chi connectivity index (χ2v) is 3.06. The van der Waals surface area contributed by atoms with Crippen molar-refractivity contribution in [3.8, 4) is 5.82 Å². The molecule has 2 aromatic heterocycles. The lowest BCUT2D eigenvalue weighted by Crippen LogP contribution is -2.24. The number of rotatable bonds is 2. The van der Waals surface area contributed by atoms with Crippen LogP contribution in [0.4, 0.5) is 5.69 Å². The molecule has 0 atom stereocenters. The van der Waals surface area contributed by atoms with Crippen molar-refractivity contribution in [2.75, 3.05) is 5.73 Å². The van der Waals surface area contributed by atoms with E-state index in [-0.39, 0.29) is 11.4 Å². The summed E-state index contributed by atoms with van der Waals surface area (Å²) in [6.07, 6.45) is 6.24. The van der Waals surface area contributed by atoms with E-state index in [9.17, 15) is 4.79 Å². The Morgan fingerprint density at radius 3 is 2.93 bits per heavy atom. The first-order chi connectivity index (χ1) is 7.22. The zero-order valence-corrected chi connectivity index (χ0v) is 8.29. The number of hydrogen-bond acceptors (Lipinski definition) is 4. The topological polar surface area (TPSA) is 78.7 Å². The molecular formula is C9H11N5O. The lowest BCUT2D eigenvalue weighted by Gasteiger charge is -2.03. The Kier molecular flexibility index (Phi) is 2.24. The molecule has 78 valence electrons. The van der Waals surface area contributed by atoms with E-state index in [1.807, 2.05) is 6.92 Å². The van der Waals surface area contributed by atoms with Crippen LogP contribution in [0, 0.1) is 0 Å². The molecule has 0 amide bonds. The lowest BCUT2D eigenvalue weighted by atomic mass is 10.5. The number of aryl methyl sites for hydroxylation is 1. The van der Waals surface area contributed by atoms with Crippen molar-refractivity contribution in [2.45, 2.75) is 13.5 Å². The monoisotopic (exact) mass is 205 g/mol. The van der Waals surface area contributed by atoms with Gasteiger partial charge in [0.25, 0.3) is 5.56 Å². The van der Waals surface area contributed by atoms with Crippen LogP contribution in [0.3, 0.4) is 0 Å². The maximum atomic E-state index is 11.8. The van der Waals surface area contributed by atoms with Crippen LogP contribution < -0.4 is 11.3 Å². The average Bonchev–Trinajstić information content (AvgIpc) is 2.65. The van der Waals surface area contributed by atoms with Crippen LogP contribution in [0.5, 0.6) is 0 Å².